The molecule has 1 aliphatic carbocycles. The Hall–Kier alpha value is -2.75. The van der Waals surface area contributed by atoms with Crippen LogP contribution in [-0.2, 0) is 17.6 Å². The Bertz CT molecular complexity index is 879. The molecule has 1 aliphatic rings. The molecule has 0 fully saturated rings. The van der Waals surface area contributed by atoms with Crippen LogP contribution in [0, 0.1) is 0 Å². The van der Waals surface area contributed by atoms with Crippen molar-refractivity contribution >= 4 is 16.9 Å². The van der Waals surface area contributed by atoms with Crippen LogP contribution in [0.4, 0.5) is 0 Å². The summed E-state index contributed by atoms with van der Waals surface area (Å²) in [6.45, 7) is -0.309. The summed E-state index contributed by atoms with van der Waals surface area (Å²) in [5.41, 5.74) is 6.07. The van der Waals surface area contributed by atoms with Gasteiger partial charge in [0.15, 0.2) is 6.61 Å². The molecule has 4 heteroatoms. The number of aryl methyl sites for hydroxylation is 2. The second kappa shape index (κ2) is 4.91. The number of benzene rings is 2. The van der Waals surface area contributed by atoms with Crippen molar-refractivity contribution in [1.29, 1.82) is 0 Å². The van der Waals surface area contributed by atoms with Crippen LogP contribution in [0.5, 0.6) is 5.75 Å². The lowest BCUT2D eigenvalue weighted by atomic mass is 9.89. The predicted octanol–water partition coefficient (Wildman–Crippen LogP) is 3.40. The molecule has 0 saturated carbocycles. The normalized spacial score (nSPS) is 12.7. The first-order valence-corrected chi connectivity index (χ1v) is 7.30. The molecule has 3 aromatic rings. The van der Waals surface area contributed by atoms with Crippen molar-refractivity contribution in [2.24, 2.45) is 0 Å². The highest BCUT2D eigenvalue weighted by Crippen LogP contribution is 2.38. The summed E-state index contributed by atoms with van der Waals surface area (Å²) in [7, 11) is 0. The van der Waals surface area contributed by atoms with Gasteiger partial charge in [-0.1, -0.05) is 18.2 Å². The fourth-order valence-electron chi connectivity index (χ4n) is 3.20. The number of H-pyrrole nitrogens is 1. The Kier molecular flexibility index (Phi) is 2.89. The molecule has 0 radical (unpaired) electrons. The maximum absolute atomic E-state index is 10.6. The van der Waals surface area contributed by atoms with E-state index in [1.807, 2.05) is 24.3 Å². The van der Waals surface area contributed by atoms with Gasteiger partial charge < -0.3 is 14.8 Å². The van der Waals surface area contributed by atoms with Crippen LogP contribution in [0.3, 0.4) is 0 Å². The van der Waals surface area contributed by atoms with E-state index in [1.54, 1.807) is 0 Å². The van der Waals surface area contributed by atoms with Gasteiger partial charge in [0.25, 0.3) is 0 Å². The maximum atomic E-state index is 10.6. The zero-order chi connectivity index (χ0) is 15.1. The Morgan fingerprint density at radius 2 is 2.05 bits per heavy atom. The first-order chi connectivity index (χ1) is 10.7. The third-order valence-corrected chi connectivity index (χ3v) is 4.17. The molecule has 4 rings (SSSR count). The molecule has 1 heterocycles. The number of hydrogen-bond acceptors (Lipinski definition) is 2. The summed E-state index contributed by atoms with van der Waals surface area (Å²) in [4.78, 5) is 14.1. The average Bonchev–Trinajstić information content (AvgIpc) is 2.91. The van der Waals surface area contributed by atoms with E-state index in [2.05, 4.69) is 23.2 Å². The number of carboxylic acids is 1. The van der Waals surface area contributed by atoms with E-state index in [-0.39, 0.29) is 6.61 Å². The fraction of sp³-hybridized carbons (Fsp3) is 0.167. The Morgan fingerprint density at radius 3 is 2.91 bits per heavy atom. The van der Waals surface area contributed by atoms with Crippen molar-refractivity contribution in [2.45, 2.75) is 12.8 Å². The molecule has 0 spiro atoms. The second-order valence-corrected chi connectivity index (χ2v) is 5.53. The molecular formula is C18H15NO3. The Labute approximate surface area is 127 Å². The molecule has 0 aliphatic heterocycles. The largest absolute Gasteiger partial charge is 0.482 e. The fourth-order valence-corrected chi connectivity index (χ4v) is 3.20. The number of para-hydroxylation sites is 1. The Balaban J connectivity index is 1.77. The van der Waals surface area contributed by atoms with Crippen molar-refractivity contribution in [1.82, 2.24) is 4.98 Å². The van der Waals surface area contributed by atoms with Crippen molar-refractivity contribution in [3.8, 4) is 17.0 Å². The van der Waals surface area contributed by atoms with E-state index in [9.17, 15) is 4.79 Å². The summed E-state index contributed by atoms with van der Waals surface area (Å²) in [6.07, 6.45) is 1.92. The number of nitrogens with one attached hydrogen (secondary N) is 1. The third kappa shape index (κ3) is 2.04. The van der Waals surface area contributed by atoms with Gasteiger partial charge in [-0.15, -0.1) is 0 Å². The summed E-state index contributed by atoms with van der Waals surface area (Å²) in [5.74, 6) is -0.351. The molecule has 0 atom stereocenters. The van der Waals surface area contributed by atoms with E-state index in [0.29, 0.717) is 5.75 Å². The number of aromatic amines is 1. The van der Waals surface area contributed by atoms with Gasteiger partial charge in [-0.3, -0.25) is 0 Å². The lowest BCUT2D eigenvalue weighted by molar-refractivity contribution is -0.139. The molecule has 4 nitrogen and oxygen atoms in total. The molecule has 1 aromatic heterocycles. The van der Waals surface area contributed by atoms with Gasteiger partial charge in [-0.05, 0) is 48.2 Å². The number of aliphatic carboxylic acids is 1. The summed E-state index contributed by atoms with van der Waals surface area (Å²) >= 11 is 0. The standard InChI is InChI=1S/C18H15NO3/c20-17(21)10-22-12-6-8-13-11(9-12)5-7-15-14-3-1-2-4-16(14)19-18(13)15/h1-4,6,8-9,19H,5,7,10H2,(H,20,21). The van der Waals surface area contributed by atoms with Crippen LogP contribution in [0.1, 0.15) is 11.1 Å². The smallest absolute Gasteiger partial charge is 0.341 e. The number of rotatable bonds is 3. The van der Waals surface area contributed by atoms with Crippen molar-refractivity contribution in [3.63, 3.8) is 0 Å². The number of fused-ring (bicyclic) bond motifs is 5. The average molecular weight is 293 g/mol. The van der Waals surface area contributed by atoms with Crippen molar-refractivity contribution in [3.05, 3.63) is 53.6 Å². The highest BCUT2D eigenvalue weighted by atomic mass is 16.5. The quantitative estimate of drug-likeness (QED) is 0.778. The van der Waals surface area contributed by atoms with E-state index < -0.39 is 5.97 Å². The number of carboxylic acid groups (broad SMARTS) is 1. The van der Waals surface area contributed by atoms with Gasteiger partial charge in [0.05, 0.1) is 0 Å². The van der Waals surface area contributed by atoms with Crippen LogP contribution in [0.25, 0.3) is 22.2 Å². The van der Waals surface area contributed by atoms with Crippen molar-refractivity contribution in [2.75, 3.05) is 6.61 Å². The maximum Gasteiger partial charge on any atom is 0.341 e. The summed E-state index contributed by atoms with van der Waals surface area (Å²) < 4.78 is 5.27. The highest BCUT2D eigenvalue weighted by molar-refractivity contribution is 5.92. The minimum Gasteiger partial charge on any atom is -0.482 e. The lowest BCUT2D eigenvalue weighted by Gasteiger charge is -2.17. The molecule has 110 valence electrons. The minimum atomic E-state index is -0.962. The van der Waals surface area contributed by atoms with Crippen LogP contribution >= 0.6 is 0 Å². The van der Waals surface area contributed by atoms with Crippen LogP contribution < -0.4 is 4.74 Å². The number of hydrogen-bond donors (Lipinski definition) is 2. The molecule has 0 amide bonds. The predicted molar refractivity (Wildman–Crippen MR) is 84.3 cm³/mol. The molecule has 0 saturated heterocycles. The summed E-state index contributed by atoms with van der Waals surface area (Å²) in [5, 5.41) is 9.98. The van der Waals surface area contributed by atoms with E-state index >= 15 is 0 Å². The van der Waals surface area contributed by atoms with Gasteiger partial charge in [0.2, 0.25) is 0 Å². The van der Waals surface area contributed by atoms with Gasteiger partial charge >= 0.3 is 5.97 Å². The molecule has 2 N–H and O–H groups in total. The summed E-state index contributed by atoms with van der Waals surface area (Å²) in [6, 6.07) is 14.1. The van der Waals surface area contributed by atoms with Crippen LogP contribution in [0.2, 0.25) is 0 Å². The molecular weight excluding hydrogens is 278 g/mol. The van der Waals surface area contributed by atoms with E-state index in [0.717, 1.165) is 18.4 Å². The van der Waals surface area contributed by atoms with Crippen molar-refractivity contribution < 1.29 is 14.6 Å². The zero-order valence-corrected chi connectivity index (χ0v) is 11.9. The molecule has 0 bridgehead atoms. The monoisotopic (exact) mass is 293 g/mol. The Morgan fingerprint density at radius 1 is 1.18 bits per heavy atom. The zero-order valence-electron chi connectivity index (χ0n) is 11.9. The molecule has 22 heavy (non-hydrogen) atoms. The lowest BCUT2D eigenvalue weighted by Crippen LogP contribution is -2.10. The second-order valence-electron chi connectivity index (χ2n) is 5.53. The van der Waals surface area contributed by atoms with Gasteiger partial charge in [-0.25, -0.2) is 4.79 Å². The third-order valence-electron chi connectivity index (χ3n) is 4.17. The number of carbonyl (C=O) groups is 1. The number of aromatic nitrogens is 1. The topological polar surface area (TPSA) is 62.3 Å². The minimum absolute atomic E-state index is 0.309. The van der Waals surface area contributed by atoms with Crippen LogP contribution in [-0.4, -0.2) is 22.7 Å². The molecule has 0 unspecified atom stereocenters. The molecule has 2 aromatic carbocycles. The first kappa shape index (κ1) is 13.0. The van der Waals surface area contributed by atoms with Gasteiger partial charge in [0.1, 0.15) is 5.75 Å². The van der Waals surface area contributed by atoms with E-state index in [1.165, 1.54) is 27.8 Å². The van der Waals surface area contributed by atoms with Gasteiger partial charge in [-0.2, -0.15) is 0 Å². The first-order valence-electron chi connectivity index (χ1n) is 7.30. The number of ether oxygens (including phenoxy) is 1. The SMILES string of the molecule is O=C(O)COc1ccc2c(c1)CCc1c-2[nH]c2ccccc12. The highest BCUT2D eigenvalue weighted by Gasteiger charge is 2.20. The van der Waals surface area contributed by atoms with Gasteiger partial charge in [0, 0.05) is 22.2 Å². The van der Waals surface area contributed by atoms with E-state index in [4.69, 9.17) is 9.84 Å². The van der Waals surface area contributed by atoms with Crippen LogP contribution in [0.15, 0.2) is 42.5 Å².